The molecule has 20 heavy (non-hydrogen) atoms. The second-order valence-corrected chi connectivity index (χ2v) is 6.37. The Morgan fingerprint density at radius 1 is 0.900 bits per heavy atom. The third-order valence-electron chi connectivity index (χ3n) is 3.05. The van der Waals surface area contributed by atoms with Gasteiger partial charge in [0.05, 0.1) is 6.61 Å². The average Bonchev–Trinajstić information content (AvgIpc) is 2.44. The zero-order valence-electron chi connectivity index (χ0n) is 13.1. The first-order chi connectivity index (χ1) is 9.70. The Morgan fingerprint density at radius 2 is 1.65 bits per heavy atom. The third-order valence-corrected chi connectivity index (χ3v) is 4.03. The number of unbranched alkanes of at least 4 members (excludes halogenated alkanes) is 3. The van der Waals surface area contributed by atoms with Crippen LogP contribution in [0.25, 0.3) is 0 Å². The van der Waals surface area contributed by atoms with Gasteiger partial charge < -0.3 is 4.74 Å². The van der Waals surface area contributed by atoms with Crippen molar-refractivity contribution in [3.05, 3.63) is 0 Å². The van der Waals surface area contributed by atoms with Crippen molar-refractivity contribution in [2.75, 3.05) is 18.1 Å². The van der Waals surface area contributed by atoms with Crippen LogP contribution in [0.3, 0.4) is 0 Å². The van der Waals surface area contributed by atoms with Gasteiger partial charge in [-0.2, -0.15) is 11.8 Å². The summed E-state index contributed by atoms with van der Waals surface area (Å²) in [5.74, 6) is 2.35. The normalized spacial score (nSPS) is 10.5. The lowest BCUT2D eigenvalue weighted by atomic mass is 10.1. The van der Waals surface area contributed by atoms with Crippen LogP contribution >= 0.6 is 11.8 Å². The molecule has 0 aliphatic rings. The van der Waals surface area contributed by atoms with Crippen molar-refractivity contribution in [2.24, 2.45) is 0 Å². The highest BCUT2D eigenvalue weighted by atomic mass is 32.2. The van der Waals surface area contributed by atoms with Crippen molar-refractivity contribution in [3.63, 3.8) is 0 Å². The number of thioether (sulfide) groups is 1. The lowest BCUT2D eigenvalue weighted by Gasteiger charge is -2.04. The summed E-state index contributed by atoms with van der Waals surface area (Å²) < 4.78 is 5.12. The number of hydrogen-bond donors (Lipinski definition) is 0. The highest BCUT2D eigenvalue weighted by Crippen LogP contribution is 2.07. The van der Waals surface area contributed by atoms with E-state index in [9.17, 15) is 9.59 Å². The fraction of sp³-hybridized carbons (Fsp3) is 0.875. The number of ether oxygens (including phenoxy) is 1. The second kappa shape index (κ2) is 14.9. The van der Waals surface area contributed by atoms with E-state index >= 15 is 0 Å². The molecule has 0 N–H and O–H groups in total. The van der Waals surface area contributed by atoms with Crippen molar-refractivity contribution < 1.29 is 14.3 Å². The molecule has 0 aromatic rings. The molecule has 0 aromatic carbocycles. The minimum atomic E-state index is -0.118. The van der Waals surface area contributed by atoms with E-state index in [-0.39, 0.29) is 5.97 Å². The Kier molecular flexibility index (Phi) is 14.5. The lowest BCUT2D eigenvalue weighted by molar-refractivity contribution is -0.144. The van der Waals surface area contributed by atoms with Crippen LogP contribution in [0.5, 0.6) is 0 Å². The van der Waals surface area contributed by atoms with Gasteiger partial charge in [0, 0.05) is 19.3 Å². The van der Waals surface area contributed by atoms with Crippen LogP contribution in [0, 0.1) is 0 Å². The van der Waals surface area contributed by atoms with Crippen LogP contribution in [0.15, 0.2) is 0 Å². The summed E-state index contributed by atoms with van der Waals surface area (Å²) in [7, 11) is 0. The standard InChI is InChI=1S/C16H30O3S/c1-3-5-6-7-12-16(18)19-13-8-10-15(17)11-9-14-20-4-2/h3-14H2,1-2H3. The molecular formula is C16H30O3S. The highest BCUT2D eigenvalue weighted by Gasteiger charge is 2.05. The Bertz CT molecular complexity index is 228. The Balaban J connectivity index is 3.32. The minimum Gasteiger partial charge on any atom is -0.466 e. The maximum absolute atomic E-state index is 11.5. The molecule has 0 aromatic heterocycles. The van der Waals surface area contributed by atoms with Gasteiger partial charge in [-0.15, -0.1) is 0 Å². The van der Waals surface area contributed by atoms with Gasteiger partial charge in [0.25, 0.3) is 0 Å². The van der Waals surface area contributed by atoms with Crippen molar-refractivity contribution in [1.82, 2.24) is 0 Å². The summed E-state index contributed by atoms with van der Waals surface area (Å²) in [4.78, 5) is 22.9. The predicted molar refractivity (Wildman–Crippen MR) is 86.2 cm³/mol. The zero-order chi connectivity index (χ0) is 15.1. The van der Waals surface area contributed by atoms with Crippen LogP contribution < -0.4 is 0 Å². The van der Waals surface area contributed by atoms with Crippen molar-refractivity contribution in [2.45, 2.75) is 71.6 Å². The van der Waals surface area contributed by atoms with Gasteiger partial charge in [0.2, 0.25) is 0 Å². The number of ketones is 1. The first-order valence-corrected chi connectivity index (χ1v) is 9.11. The van der Waals surface area contributed by atoms with Gasteiger partial charge in [0.15, 0.2) is 0 Å². The Morgan fingerprint density at radius 3 is 2.35 bits per heavy atom. The summed E-state index contributed by atoms with van der Waals surface area (Å²) in [5.41, 5.74) is 0. The van der Waals surface area contributed by atoms with Gasteiger partial charge in [-0.1, -0.05) is 33.1 Å². The van der Waals surface area contributed by atoms with Gasteiger partial charge in [-0.3, -0.25) is 9.59 Å². The molecule has 0 saturated carbocycles. The summed E-state index contributed by atoms with van der Waals surface area (Å²) in [6.45, 7) is 4.67. The van der Waals surface area contributed by atoms with Crippen molar-refractivity contribution in [3.8, 4) is 0 Å². The lowest BCUT2D eigenvalue weighted by Crippen LogP contribution is -2.07. The molecular weight excluding hydrogens is 272 g/mol. The van der Waals surface area contributed by atoms with Crippen molar-refractivity contribution in [1.29, 1.82) is 0 Å². The van der Waals surface area contributed by atoms with E-state index in [0.29, 0.717) is 38.1 Å². The van der Waals surface area contributed by atoms with E-state index in [1.165, 1.54) is 12.8 Å². The van der Waals surface area contributed by atoms with Crippen molar-refractivity contribution >= 4 is 23.5 Å². The molecule has 0 saturated heterocycles. The molecule has 0 fully saturated rings. The largest absolute Gasteiger partial charge is 0.466 e. The fourth-order valence-corrected chi connectivity index (χ4v) is 2.50. The maximum Gasteiger partial charge on any atom is 0.305 e. The highest BCUT2D eigenvalue weighted by molar-refractivity contribution is 7.99. The van der Waals surface area contributed by atoms with Gasteiger partial charge >= 0.3 is 5.97 Å². The smallest absolute Gasteiger partial charge is 0.305 e. The van der Waals surface area contributed by atoms with Crippen LogP contribution in [0.1, 0.15) is 71.6 Å². The van der Waals surface area contributed by atoms with E-state index in [4.69, 9.17) is 4.74 Å². The van der Waals surface area contributed by atoms with E-state index in [2.05, 4.69) is 13.8 Å². The maximum atomic E-state index is 11.5. The SMILES string of the molecule is CCCCCCC(=O)OCCCC(=O)CCCSCC. The molecule has 0 amide bonds. The summed E-state index contributed by atoms with van der Waals surface area (Å²) in [6.07, 6.45) is 7.72. The Hall–Kier alpha value is -0.510. The average molecular weight is 302 g/mol. The number of carbonyl (C=O) groups excluding carboxylic acids is 2. The molecule has 118 valence electrons. The number of hydrogen-bond acceptors (Lipinski definition) is 4. The molecule has 0 aliphatic carbocycles. The molecule has 0 bridgehead atoms. The van der Waals surface area contributed by atoms with E-state index in [0.717, 1.165) is 30.8 Å². The minimum absolute atomic E-state index is 0.118. The first-order valence-electron chi connectivity index (χ1n) is 7.95. The number of rotatable bonds is 14. The summed E-state index contributed by atoms with van der Waals surface area (Å²) >= 11 is 1.87. The topological polar surface area (TPSA) is 43.4 Å². The number of carbonyl (C=O) groups is 2. The zero-order valence-corrected chi connectivity index (χ0v) is 13.9. The first kappa shape index (κ1) is 19.5. The molecule has 0 atom stereocenters. The molecule has 0 unspecified atom stereocenters. The fourth-order valence-electron chi connectivity index (χ4n) is 1.86. The van der Waals surface area contributed by atoms with Gasteiger partial charge in [0.1, 0.15) is 5.78 Å². The molecule has 0 aliphatic heterocycles. The second-order valence-electron chi connectivity index (χ2n) is 4.97. The monoisotopic (exact) mass is 302 g/mol. The number of Topliss-reactive ketones (excluding diaryl/α,β-unsaturated/α-hetero) is 1. The van der Waals surface area contributed by atoms with Crippen LogP contribution in [-0.4, -0.2) is 29.9 Å². The third kappa shape index (κ3) is 13.9. The molecule has 0 radical (unpaired) electrons. The quantitative estimate of drug-likeness (QED) is 0.353. The summed E-state index contributed by atoms with van der Waals surface area (Å²) in [5, 5.41) is 0. The molecule has 0 heterocycles. The van der Waals surface area contributed by atoms with Crippen LogP contribution in [0.4, 0.5) is 0 Å². The van der Waals surface area contributed by atoms with E-state index < -0.39 is 0 Å². The summed E-state index contributed by atoms with van der Waals surface area (Å²) in [6, 6.07) is 0. The van der Waals surface area contributed by atoms with E-state index in [1.54, 1.807) is 0 Å². The molecule has 4 heteroatoms. The molecule has 0 spiro atoms. The predicted octanol–water partition coefficient (Wildman–Crippen LogP) is 4.38. The van der Waals surface area contributed by atoms with Gasteiger partial charge in [-0.05, 0) is 30.8 Å². The van der Waals surface area contributed by atoms with E-state index in [1.807, 2.05) is 11.8 Å². The Labute approximate surface area is 128 Å². The van der Waals surface area contributed by atoms with Crippen LogP contribution in [0.2, 0.25) is 0 Å². The van der Waals surface area contributed by atoms with Crippen LogP contribution in [-0.2, 0) is 14.3 Å². The molecule has 3 nitrogen and oxygen atoms in total. The van der Waals surface area contributed by atoms with Gasteiger partial charge in [-0.25, -0.2) is 0 Å². The number of esters is 1. The molecule has 0 rings (SSSR count).